The topological polar surface area (TPSA) is 122 Å². The molecule has 0 radical (unpaired) electrons. The molecule has 1 fully saturated rings. The average molecular weight is 475 g/mol. The molecule has 4 heterocycles. The quantitative estimate of drug-likeness (QED) is 0.425. The number of carbonyl (C=O) groups excluding carboxylic acids is 1. The van der Waals surface area contributed by atoms with E-state index in [4.69, 9.17) is 16.3 Å². The molecule has 0 spiro atoms. The highest BCUT2D eigenvalue weighted by Gasteiger charge is 2.38. The highest BCUT2D eigenvalue weighted by atomic mass is 35.5. The third kappa shape index (κ3) is 5.33. The fraction of sp³-hybridized carbons (Fsp3) is 0.455. The number of rotatable bonds is 10. The summed E-state index contributed by atoms with van der Waals surface area (Å²) in [6.07, 6.45) is 6.17. The molecule has 33 heavy (non-hydrogen) atoms. The van der Waals surface area contributed by atoms with E-state index in [1.807, 2.05) is 6.92 Å². The molecule has 0 bridgehead atoms. The lowest BCUT2D eigenvalue weighted by Crippen LogP contribution is -2.40. The van der Waals surface area contributed by atoms with Gasteiger partial charge in [0, 0.05) is 48.7 Å². The van der Waals surface area contributed by atoms with Gasteiger partial charge in [-0.05, 0) is 24.5 Å². The summed E-state index contributed by atoms with van der Waals surface area (Å²) in [7, 11) is 0. The van der Waals surface area contributed by atoms with Gasteiger partial charge in [-0.15, -0.1) is 0 Å². The standard InChI is InChI=1S/C22H24ClFN6O3/c1-22(4-5-33-12-22)18(3-2-15(31)10-28-32)29-21-17(24)11-25-19(30-21)6-13-8-26-20-16(13)7-14(23)9-27-20/h7-9,11,18H,2-6,10,12H2,1H3,(H,26,27)(H,25,29,30). The number of aromatic amines is 1. The second-order valence-electron chi connectivity index (χ2n) is 8.54. The second-order valence-corrected chi connectivity index (χ2v) is 8.98. The van der Waals surface area contributed by atoms with Crippen molar-refractivity contribution in [1.82, 2.24) is 19.9 Å². The van der Waals surface area contributed by atoms with E-state index in [0.29, 0.717) is 42.5 Å². The SMILES string of the molecule is CC1(C(CCC(=O)CN=O)Nc2nc(Cc3c[nH]c4ncc(Cl)cc34)ncc2F)CCOC1. The number of halogens is 2. The molecule has 0 aliphatic carbocycles. The zero-order chi connectivity index (χ0) is 23.4. The maximum absolute atomic E-state index is 14.7. The predicted octanol–water partition coefficient (Wildman–Crippen LogP) is 4.06. The van der Waals surface area contributed by atoms with Gasteiger partial charge in [0.2, 0.25) is 0 Å². The lowest BCUT2D eigenvalue weighted by molar-refractivity contribution is -0.117. The largest absolute Gasteiger partial charge is 0.381 e. The molecule has 3 aromatic heterocycles. The molecule has 2 N–H and O–H groups in total. The Morgan fingerprint density at radius 3 is 3.03 bits per heavy atom. The number of ketones is 1. The van der Waals surface area contributed by atoms with E-state index < -0.39 is 5.82 Å². The number of nitroso groups, excluding NO2 is 1. The maximum atomic E-state index is 14.7. The third-order valence-corrected chi connectivity index (χ3v) is 6.29. The Labute approximate surface area is 194 Å². The Balaban J connectivity index is 1.56. The van der Waals surface area contributed by atoms with Crippen molar-refractivity contribution in [2.45, 2.75) is 38.6 Å². The van der Waals surface area contributed by atoms with Crippen molar-refractivity contribution in [2.75, 3.05) is 25.1 Å². The monoisotopic (exact) mass is 474 g/mol. The molecule has 4 rings (SSSR count). The number of Topliss-reactive ketones (excluding diaryl/α,β-unsaturated/α-hetero) is 1. The van der Waals surface area contributed by atoms with Crippen molar-refractivity contribution in [1.29, 1.82) is 0 Å². The predicted molar refractivity (Wildman–Crippen MR) is 122 cm³/mol. The molecular weight excluding hydrogens is 451 g/mol. The number of ether oxygens (including phenoxy) is 1. The van der Waals surface area contributed by atoms with Gasteiger partial charge in [0.05, 0.1) is 17.8 Å². The van der Waals surface area contributed by atoms with Crippen LogP contribution in [-0.4, -0.2) is 51.5 Å². The number of hydrogen-bond acceptors (Lipinski definition) is 8. The molecule has 0 aromatic carbocycles. The van der Waals surface area contributed by atoms with Crippen LogP contribution in [0.3, 0.4) is 0 Å². The number of nitrogens with one attached hydrogen (secondary N) is 2. The Bertz CT molecular complexity index is 1160. The van der Waals surface area contributed by atoms with Crippen LogP contribution >= 0.6 is 11.6 Å². The van der Waals surface area contributed by atoms with Crippen molar-refractivity contribution in [3.8, 4) is 0 Å². The number of aromatic nitrogens is 4. The van der Waals surface area contributed by atoms with Crippen molar-refractivity contribution >= 4 is 34.2 Å². The Morgan fingerprint density at radius 2 is 2.27 bits per heavy atom. The van der Waals surface area contributed by atoms with Gasteiger partial charge in [-0.2, -0.15) is 4.91 Å². The van der Waals surface area contributed by atoms with Crippen LogP contribution in [0.2, 0.25) is 5.02 Å². The van der Waals surface area contributed by atoms with Gasteiger partial charge >= 0.3 is 0 Å². The van der Waals surface area contributed by atoms with Gasteiger partial charge in [0.15, 0.2) is 17.4 Å². The number of hydrogen-bond donors (Lipinski definition) is 2. The molecular formula is C22H24ClFN6O3. The van der Waals surface area contributed by atoms with Crippen molar-refractivity contribution in [2.24, 2.45) is 10.6 Å². The van der Waals surface area contributed by atoms with E-state index in [-0.39, 0.29) is 36.0 Å². The third-order valence-electron chi connectivity index (χ3n) is 6.08. The van der Waals surface area contributed by atoms with E-state index in [2.05, 4.69) is 30.4 Å². The molecule has 174 valence electrons. The summed E-state index contributed by atoms with van der Waals surface area (Å²) in [4.78, 5) is 38.2. The summed E-state index contributed by atoms with van der Waals surface area (Å²) in [5, 5.41) is 7.21. The molecule has 2 unspecified atom stereocenters. The Hall–Kier alpha value is -2.98. The zero-order valence-electron chi connectivity index (χ0n) is 18.1. The van der Waals surface area contributed by atoms with Crippen molar-refractivity contribution in [3.05, 3.63) is 51.8 Å². The van der Waals surface area contributed by atoms with Gasteiger partial charge in [0.25, 0.3) is 0 Å². The fourth-order valence-corrected chi connectivity index (χ4v) is 4.27. The number of anilines is 1. The molecule has 2 atom stereocenters. The summed E-state index contributed by atoms with van der Waals surface area (Å²) in [6.45, 7) is 2.74. The van der Waals surface area contributed by atoms with E-state index in [9.17, 15) is 14.1 Å². The summed E-state index contributed by atoms with van der Waals surface area (Å²) in [5.41, 5.74) is 1.27. The summed E-state index contributed by atoms with van der Waals surface area (Å²) >= 11 is 6.08. The first-order valence-corrected chi connectivity index (χ1v) is 11.0. The first-order valence-electron chi connectivity index (χ1n) is 10.7. The lowest BCUT2D eigenvalue weighted by Gasteiger charge is -2.34. The lowest BCUT2D eigenvalue weighted by atomic mass is 9.79. The zero-order valence-corrected chi connectivity index (χ0v) is 18.9. The van der Waals surface area contributed by atoms with Crippen LogP contribution < -0.4 is 5.32 Å². The molecule has 0 amide bonds. The molecule has 1 aliphatic heterocycles. The van der Waals surface area contributed by atoms with Crippen LogP contribution in [-0.2, 0) is 16.0 Å². The summed E-state index contributed by atoms with van der Waals surface area (Å²) < 4.78 is 20.2. The van der Waals surface area contributed by atoms with E-state index in [1.54, 1.807) is 18.5 Å². The Morgan fingerprint density at radius 1 is 1.42 bits per heavy atom. The minimum atomic E-state index is -0.587. The number of carbonyl (C=O) groups is 1. The first-order chi connectivity index (χ1) is 15.9. The Kier molecular flexibility index (Phi) is 6.94. The van der Waals surface area contributed by atoms with Crippen LogP contribution in [0.4, 0.5) is 10.2 Å². The average Bonchev–Trinajstić information content (AvgIpc) is 3.40. The van der Waals surface area contributed by atoms with Crippen molar-refractivity contribution in [3.63, 3.8) is 0 Å². The van der Waals surface area contributed by atoms with E-state index >= 15 is 0 Å². The number of fused-ring (bicyclic) bond motifs is 1. The molecule has 11 heteroatoms. The molecule has 1 saturated heterocycles. The molecule has 3 aromatic rings. The van der Waals surface area contributed by atoms with Crippen LogP contribution in [0.15, 0.2) is 29.8 Å². The van der Waals surface area contributed by atoms with Gasteiger partial charge in [-0.3, -0.25) is 4.79 Å². The number of nitrogens with zero attached hydrogens (tertiary/aromatic N) is 4. The van der Waals surface area contributed by atoms with Gasteiger partial charge < -0.3 is 15.0 Å². The minimum Gasteiger partial charge on any atom is -0.381 e. The fourth-order valence-electron chi connectivity index (χ4n) is 4.11. The van der Waals surface area contributed by atoms with Crippen LogP contribution in [0.25, 0.3) is 11.0 Å². The van der Waals surface area contributed by atoms with Gasteiger partial charge in [-0.1, -0.05) is 23.7 Å². The molecule has 9 nitrogen and oxygen atoms in total. The van der Waals surface area contributed by atoms with E-state index in [0.717, 1.165) is 23.6 Å². The first kappa shape index (κ1) is 23.2. The number of pyridine rings is 1. The van der Waals surface area contributed by atoms with Crippen LogP contribution in [0, 0.1) is 16.1 Å². The smallest absolute Gasteiger partial charge is 0.183 e. The summed E-state index contributed by atoms with van der Waals surface area (Å²) in [6, 6.07) is 1.52. The second kappa shape index (κ2) is 9.88. The van der Waals surface area contributed by atoms with Gasteiger partial charge in [0.1, 0.15) is 18.0 Å². The maximum Gasteiger partial charge on any atom is 0.183 e. The molecule has 0 saturated carbocycles. The summed E-state index contributed by atoms with van der Waals surface area (Å²) in [5.74, 6) is -0.353. The minimum absolute atomic E-state index is 0.0649. The highest BCUT2D eigenvalue weighted by molar-refractivity contribution is 6.31. The van der Waals surface area contributed by atoms with Crippen LogP contribution in [0.1, 0.15) is 37.6 Å². The normalized spacial score (nSPS) is 19.0. The number of H-pyrrole nitrogens is 1. The van der Waals surface area contributed by atoms with Crippen LogP contribution in [0.5, 0.6) is 0 Å². The molecule has 1 aliphatic rings. The van der Waals surface area contributed by atoms with E-state index in [1.165, 1.54) is 0 Å². The van der Waals surface area contributed by atoms with Gasteiger partial charge in [-0.25, -0.2) is 19.3 Å². The highest BCUT2D eigenvalue weighted by Crippen LogP contribution is 2.36. The van der Waals surface area contributed by atoms with Crippen molar-refractivity contribution < 1.29 is 13.9 Å².